The average Bonchev–Trinajstić information content (AvgIpc) is 2.60. The number of aromatic hydroxyl groups is 4. The number of benzene rings is 2. The van der Waals surface area contributed by atoms with E-state index >= 15 is 0 Å². The van der Waals surface area contributed by atoms with Gasteiger partial charge in [-0.1, -0.05) is 6.08 Å². The molecule has 1 aromatic rings. The van der Waals surface area contributed by atoms with Gasteiger partial charge in [0.05, 0.1) is 13.8 Å². The summed E-state index contributed by atoms with van der Waals surface area (Å²) in [4.78, 5) is 16.3. The van der Waals surface area contributed by atoms with Crippen LogP contribution in [-0.4, -0.2) is 25.4 Å². The van der Waals surface area contributed by atoms with Gasteiger partial charge in [-0.3, -0.25) is 4.79 Å². The minimum atomic E-state index is -0.857. The lowest BCUT2D eigenvalue weighted by atomic mass is 10.1. The molecular formula is C16H9Br2NO5S. The summed E-state index contributed by atoms with van der Waals surface area (Å²) in [6.45, 7) is 0. The van der Waals surface area contributed by atoms with Crippen LogP contribution in [0.1, 0.15) is 10.6 Å². The lowest BCUT2D eigenvalue weighted by molar-refractivity contribution is 0.401. The van der Waals surface area contributed by atoms with Gasteiger partial charge < -0.3 is 20.4 Å². The third-order valence-corrected chi connectivity index (χ3v) is 5.82. The number of aromatic nitrogens is 1. The molecular weight excluding hydrogens is 478 g/mol. The number of nitrogens with zero attached hydrogens (tertiary/aromatic N) is 1. The second kappa shape index (κ2) is 6.66. The molecule has 0 amide bonds. The van der Waals surface area contributed by atoms with Crippen molar-refractivity contribution in [3.63, 3.8) is 0 Å². The summed E-state index contributed by atoms with van der Waals surface area (Å²) in [5.74, 6) is -1.62. The summed E-state index contributed by atoms with van der Waals surface area (Å²) < 4.78 is 0.521. The van der Waals surface area contributed by atoms with Crippen molar-refractivity contribution < 1.29 is 20.4 Å². The van der Waals surface area contributed by atoms with Crippen molar-refractivity contribution in [2.24, 2.45) is 0 Å². The van der Waals surface area contributed by atoms with Gasteiger partial charge in [-0.2, -0.15) is 0 Å². The molecule has 9 heteroatoms. The molecule has 1 aliphatic carbocycles. The highest BCUT2D eigenvalue weighted by Gasteiger charge is 2.21. The molecule has 0 saturated carbocycles. The first-order valence-electron chi connectivity index (χ1n) is 6.72. The average molecular weight is 487 g/mol. The second-order valence-corrected chi connectivity index (χ2v) is 7.66. The van der Waals surface area contributed by atoms with E-state index in [2.05, 4.69) is 36.8 Å². The van der Waals surface area contributed by atoms with Gasteiger partial charge in [0, 0.05) is 11.8 Å². The molecule has 1 aromatic carbocycles. The van der Waals surface area contributed by atoms with E-state index in [4.69, 9.17) is 0 Å². The smallest absolute Gasteiger partial charge is 0.264 e. The highest BCUT2D eigenvalue weighted by Crippen LogP contribution is 2.42. The van der Waals surface area contributed by atoms with E-state index in [-0.39, 0.29) is 16.0 Å². The van der Waals surface area contributed by atoms with Gasteiger partial charge in [0.25, 0.3) is 5.43 Å². The zero-order valence-electron chi connectivity index (χ0n) is 12.2. The van der Waals surface area contributed by atoms with Gasteiger partial charge >= 0.3 is 0 Å². The molecule has 3 rings (SSSR count). The Morgan fingerprint density at radius 2 is 1.72 bits per heavy atom. The van der Waals surface area contributed by atoms with Crippen LogP contribution in [0.2, 0.25) is 0 Å². The van der Waals surface area contributed by atoms with Crippen molar-refractivity contribution in [1.29, 1.82) is 0 Å². The number of phenolic OH excluding ortho intramolecular Hbond substituents is 4. The second-order valence-electron chi connectivity index (χ2n) is 4.99. The third-order valence-electron chi connectivity index (χ3n) is 3.35. The van der Waals surface area contributed by atoms with Crippen LogP contribution >= 0.6 is 43.2 Å². The zero-order valence-corrected chi connectivity index (χ0v) is 16.2. The summed E-state index contributed by atoms with van der Waals surface area (Å²) in [7, 11) is 0. The molecule has 0 spiro atoms. The molecule has 2 aliphatic rings. The maximum atomic E-state index is 11.8. The van der Waals surface area contributed by atoms with Crippen molar-refractivity contribution in [1.82, 2.24) is 4.98 Å². The Balaban J connectivity index is 2.06. The van der Waals surface area contributed by atoms with E-state index in [0.29, 0.717) is 25.5 Å². The van der Waals surface area contributed by atoms with E-state index in [1.165, 1.54) is 12.3 Å². The third kappa shape index (κ3) is 3.22. The monoisotopic (exact) mass is 485 g/mol. The van der Waals surface area contributed by atoms with Gasteiger partial charge in [-0.25, -0.2) is 4.98 Å². The number of halogens is 2. The Labute approximate surface area is 162 Å². The molecule has 25 heavy (non-hydrogen) atoms. The Bertz CT molecular complexity index is 1020. The van der Waals surface area contributed by atoms with Crippen LogP contribution in [0.15, 0.2) is 32.1 Å². The molecule has 0 atom stereocenters. The first-order valence-corrected chi connectivity index (χ1v) is 9.12. The van der Waals surface area contributed by atoms with Crippen molar-refractivity contribution >= 4 is 55.3 Å². The number of hydrogen-bond acceptors (Lipinski definition) is 7. The lowest BCUT2D eigenvalue weighted by Gasteiger charge is -2.10. The van der Waals surface area contributed by atoms with E-state index in [1.54, 1.807) is 18.2 Å². The summed E-state index contributed by atoms with van der Waals surface area (Å²) in [6, 6.07) is 2.99. The topological polar surface area (TPSA) is 111 Å². The van der Waals surface area contributed by atoms with Gasteiger partial charge in [0.15, 0.2) is 23.0 Å². The minimum Gasteiger partial charge on any atom is -0.504 e. The molecule has 0 unspecified atom stereocenters. The number of hydrogen-bond donors (Lipinski definition) is 4. The molecule has 0 bridgehead atoms. The van der Waals surface area contributed by atoms with Crippen LogP contribution in [0.3, 0.4) is 0 Å². The molecule has 0 saturated heterocycles. The zero-order chi connectivity index (χ0) is 18.3. The van der Waals surface area contributed by atoms with Crippen molar-refractivity contribution in [3.05, 3.63) is 48.1 Å². The molecule has 0 radical (unpaired) electrons. The fraction of sp³-hybridized carbons (Fsp3) is 0. The van der Waals surface area contributed by atoms with Gasteiger partial charge in [-0.15, -0.1) is 11.3 Å². The Hall–Kier alpha value is -2.10. The summed E-state index contributed by atoms with van der Waals surface area (Å²) in [5.41, 5.74) is 0.169. The Kier molecular flexibility index (Phi) is 4.72. The van der Waals surface area contributed by atoms with Crippen LogP contribution in [0.25, 0.3) is 22.6 Å². The van der Waals surface area contributed by atoms with E-state index in [1.807, 2.05) is 0 Å². The highest BCUT2D eigenvalue weighted by molar-refractivity contribution is 9.11. The molecule has 0 aromatic heterocycles. The molecule has 6 nitrogen and oxygen atoms in total. The van der Waals surface area contributed by atoms with Crippen LogP contribution in [-0.2, 0) is 0 Å². The molecule has 1 heterocycles. The van der Waals surface area contributed by atoms with E-state index < -0.39 is 16.9 Å². The lowest BCUT2D eigenvalue weighted by Crippen LogP contribution is -2.03. The quantitative estimate of drug-likeness (QED) is 0.405. The highest BCUT2D eigenvalue weighted by atomic mass is 79.9. The first-order chi connectivity index (χ1) is 11.8. The molecule has 4 N–H and O–H groups in total. The van der Waals surface area contributed by atoms with Crippen molar-refractivity contribution in [2.75, 3.05) is 0 Å². The summed E-state index contributed by atoms with van der Waals surface area (Å²) in [6.07, 6.45) is 4.71. The number of fused-ring (bicyclic) bond motifs is 1. The minimum absolute atomic E-state index is 0.178. The SMILES string of the molecule is O=c1c(O)c2sc(C=Cc3cc(O)c(O)c(Br)c3)ncc-2c(Br)c1O. The fourth-order valence-corrected chi connectivity index (χ4v) is 4.08. The van der Waals surface area contributed by atoms with Crippen LogP contribution in [0.5, 0.6) is 23.0 Å². The van der Waals surface area contributed by atoms with Crippen LogP contribution in [0, 0.1) is 0 Å². The Morgan fingerprint density at radius 3 is 2.40 bits per heavy atom. The van der Waals surface area contributed by atoms with Crippen molar-refractivity contribution in [2.45, 2.75) is 0 Å². The van der Waals surface area contributed by atoms with Gasteiger partial charge in [-0.05, 0) is 55.6 Å². The number of rotatable bonds is 2. The molecule has 1 aliphatic heterocycles. The largest absolute Gasteiger partial charge is 0.504 e. The molecule has 0 fully saturated rings. The summed E-state index contributed by atoms with van der Waals surface area (Å²) in [5, 5.41) is 39.3. The maximum Gasteiger partial charge on any atom is 0.264 e. The van der Waals surface area contributed by atoms with Gasteiger partial charge in [0.1, 0.15) is 5.01 Å². The Morgan fingerprint density at radius 1 is 1.00 bits per heavy atom. The predicted octanol–water partition coefficient (Wildman–Crippen LogP) is 4.13. The normalized spacial score (nSPS) is 11.4. The van der Waals surface area contributed by atoms with E-state index in [9.17, 15) is 25.2 Å². The predicted molar refractivity (Wildman–Crippen MR) is 102 cm³/mol. The van der Waals surface area contributed by atoms with E-state index in [0.717, 1.165) is 11.3 Å². The maximum absolute atomic E-state index is 11.8. The van der Waals surface area contributed by atoms with Crippen LogP contribution in [0.4, 0.5) is 0 Å². The summed E-state index contributed by atoms with van der Waals surface area (Å²) >= 11 is 7.32. The number of phenols is 4. The van der Waals surface area contributed by atoms with Crippen molar-refractivity contribution in [3.8, 4) is 33.4 Å². The standard InChI is InChI=1S/C16H9Br2NO5S/c17-8-3-6(4-9(20)12(8)21)1-2-10-19-5-7-11(18)13(22)14(23)15(24)16(7)25-10/h1-5,20-22,24H. The van der Waals surface area contributed by atoms with Crippen LogP contribution < -0.4 is 5.43 Å². The fourth-order valence-electron chi connectivity index (χ4n) is 2.09. The van der Waals surface area contributed by atoms with Gasteiger partial charge in [0.2, 0.25) is 0 Å². The first kappa shape index (κ1) is 17.7. The molecule has 128 valence electrons.